The second-order valence-corrected chi connectivity index (χ2v) is 4.06. The molecule has 0 aromatic carbocycles. The molecule has 0 aliphatic heterocycles. The van der Waals surface area contributed by atoms with Gasteiger partial charge in [-0.1, -0.05) is 19.3 Å². The summed E-state index contributed by atoms with van der Waals surface area (Å²) in [4.78, 5) is 0. The maximum absolute atomic E-state index is 2.43. The van der Waals surface area contributed by atoms with E-state index in [0.717, 1.165) is 5.92 Å². The number of rotatable bonds is 6. The first-order valence-corrected chi connectivity index (χ1v) is 5.65. The smallest absolute Gasteiger partial charge is 0.00703 e. The fourth-order valence-electron chi connectivity index (χ4n) is 1.16. The molecule has 0 bridgehead atoms. The Kier molecular flexibility index (Phi) is 4.27. The third-order valence-electron chi connectivity index (χ3n) is 1.99. The van der Waals surface area contributed by atoms with Gasteiger partial charge in [0.05, 0.1) is 0 Å². The van der Waals surface area contributed by atoms with Crippen molar-refractivity contribution in [3.05, 3.63) is 6.42 Å². The van der Waals surface area contributed by atoms with E-state index < -0.39 is 0 Å². The molecule has 0 spiro atoms. The molecule has 10 heavy (non-hydrogen) atoms. The van der Waals surface area contributed by atoms with Gasteiger partial charge in [-0.2, -0.15) is 11.8 Å². The maximum Gasteiger partial charge on any atom is -0.00703 e. The first-order chi connectivity index (χ1) is 4.93. The lowest BCUT2D eigenvalue weighted by Gasteiger charge is -1.97. The molecule has 1 heteroatoms. The molecule has 1 atom stereocenters. The Morgan fingerprint density at radius 1 is 1.40 bits per heavy atom. The highest BCUT2D eigenvalue weighted by Gasteiger charge is 2.20. The molecule has 1 aliphatic carbocycles. The predicted molar refractivity (Wildman–Crippen MR) is 49.3 cm³/mol. The van der Waals surface area contributed by atoms with E-state index in [1.165, 1.54) is 37.9 Å². The van der Waals surface area contributed by atoms with E-state index in [-0.39, 0.29) is 0 Å². The van der Waals surface area contributed by atoms with E-state index in [1.54, 1.807) is 0 Å². The Bertz CT molecular complexity index is 76.8. The van der Waals surface area contributed by atoms with Crippen molar-refractivity contribution in [2.24, 2.45) is 5.92 Å². The molecule has 0 aromatic rings. The third-order valence-corrected chi connectivity index (χ3v) is 2.69. The number of hydrogen-bond donors (Lipinski definition) is 0. The Morgan fingerprint density at radius 3 is 2.80 bits per heavy atom. The SMILES string of the molecule is CSCCCCCC1[CH]C1. The Labute approximate surface area is 68.8 Å². The fourth-order valence-corrected chi connectivity index (χ4v) is 1.65. The lowest BCUT2D eigenvalue weighted by atomic mass is 10.1. The van der Waals surface area contributed by atoms with Gasteiger partial charge in [-0.05, 0) is 37.2 Å². The Morgan fingerprint density at radius 2 is 2.20 bits per heavy atom. The largest absolute Gasteiger partial charge is 0.165 e. The number of hydrogen-bond acceptors (Lipinski definition) is 1. The van der Waals surface area contributed by atoms with Crippen LogP contribution in [0.2, 0.25) is 0 Å². The van der Waals surface area contributed by atoms with Crippen molar-refractivity contribution < 1.29 is 0 Å². The van der Waals surface area contributed by atoms with Crippen molar-refractivity contribution in [1.29, 1.82) is 0 Å². The second kappa shape index (κ2) is 5.06. The molecule has 1 unspecified atom stereocenters. The summed E-state index contributed by atoms with van der Waals surface area (Å²) in [6.45, 7) is 0. The first-order valence-electron chi connectivity index (χ1n) is 4.26. The van der Waals surface area contributed by atoms with E-state index >= 15 is 0 Å². The second-order valence-electron chi connectivity index (χ2n) is 3.07. The van der Waals surface area contributed by atoms with Crippen molar-refractivity contribution in [2.45, 2.75) is 32.1 Å². The Hall–Kier alpha value is 0.350. The molecule has 0 aromatic heterocycles. The van der Waals surface area contributed by atoms with Gasteiger partial charge >= 0.3 is 0 Å². The summed E-state index contributed by atoms with van der Waals surface area (Å²) in [6.07, 6.45) is 11.8. The van der Waals surface area contributed by atoms with Crippen molar-refractivity contribution in [3.63, 3.8) is 0 Å². The summed E-state index contributed by atoms with van der Waals surface area (Å²) in [5, 5.41) is 0. The lowest BCUT2D eigenvalue weighted by molar-refractivity contribution is 0.633. The number of unbranched alkanes of at least 4 members (excludes halogenated alkanes) is 2. The summed E-state index contributed by atoms with van der Waals surface area (Å²) in [6, 6.07) is 0. The summed E-state index contributed by atoms with van der Waals surface area (Å²) in [5.74, 6) is 2.38. The van der Waals surface area contributed by atoms with Crippen LogP contribution in [0.25, 0.3) is 0 Å². The number of thioether (sulfide) groups is 1. The van der Waals surface area contributed by atoms with Gasteiger partial charge in [0, 0.05) is 0 Å². The molecule has 1 fully saturated rings. The standard InChI is InChI=1S/C9H17S/c1-10-8-4-2-3-5-9-6-7-9/h6,9H,2-5,7-8H2,1H3. The van der Waals surface area contributed by atoms with Gasteiger partial charge < -0.3 is 0 Å². The van der Waals surface area contributed by atoms with Gasteiger partial charge in [-0.15, -0.1) is 0 Å². The molecule has 1 rings (SSSR count). The van der Waals surface area contributed by atoms with Crippen molar-refractivity contribution >= 4 is 11.8 Å². The van der Waals surface area contributed by atoms with Crippen LogP contribution in [0, 0.1) is 12.3 Å². The topological polar surface area (TPSA) is 0 Å². The highest BCUT2D eigenvalue weighted by atomic mass is 32.2. The zero-order valence-electron chi connectivity index (χ0n) is 6.81. The van der Waals surface area contributed by atoms with Crippen LogP contribution in [0.1, 0.15) is 32.1 Å². The minimum Gasteiger partial charge on any atom is -0.165 e. The van der Waals surface area contributed by atoms with Crippen molar-refractivity contribution in [3.8, 4) is 0 Å². The molecule has 0 N–H and O–H groups in total. The van der Waals surface area contributed by atoms with Crippen LogP contribution in [0.15, 0.2) is 0 Å². The monoisotopic (exact) mass is 157 g/mol. The van der Waals surface area contributed by atoms with Gasteiger partial charge in [0.15, 0.2) is 0 Å². The van der Waals surface area contributed by atoms with Crippen LogP contribution < -0.4 is 0 Å². The average Bonchev–Trinajstić information content (AvgIpc) is 2.71. The zero-order chi connectivity index (χ0) is 7.23. The van der Waals surface area contributed by atoms with Gasteiger partial charge in [0.25, 0.3) is 0 Å². The van der Waals surface area contributed by atoms with Crippen LogP contribution in [-0.4, -0.2) is 12.0 Å². The van der Waals surface area contributed by atoms with Crippen molar-refractivity contribution in [2.75, 3.05) is 12.0 Å². The molecule has 1 saturated carbocycles. The first kappa shape index (κ1) is 8.45. The van der Waals surface area contributed by atoms with Gasteiger partial charge in [0.1, 0.15) is 0 Å². The average molecular weight is 157 g/mol. The van der Waals surface area contributed by atoms with Crippen LogP contribution in [0.4, 0.5) is 0 Å². The van der Waals surface area contributed by atoms with Gasteiger partial charge in [0.2, 0.25) is 0 Å². The van der Waals surface area contributed by atoms with E-state index in [4.69, 9.17) is 0 Å². The predicted octanol–water partition coefficient (Wildman–Crippen LogP) is 3.13. The van der Waals surface area contributed by atoms with Crippen LogP contribution in [-0.2, 0) is 0 Å². The van der Waals surface area contributed by atoms with Crippen LogP contribution in [0.3, 0.4) is 0 Å². The molecule has 0 amide bonds. The Balaban J connectivity index is 1.68. The van der Waals surface area contributed by atoms with E-state index in [1.807, 2.05) is 11.8 Å². The summed E-state index contributed by atoms with van der Waals surface area (Å²) in [5.41, 5.74) is 0. The van der Waals surface area contributed by atoms with Gasteiger partial charge in [-0.3, -0.25) is 0 Å². The highest BCUT2D eigenvalue weighted by molar-refractivity contribution is 7.98. The van der Waals surface area contributed by atoms with Crippen LogP contribution >= 0.6 is 11.8 Å². The molecular weight excluding hydrogens is 140 g/mol. The van der Waals surface area contributed by atoms with Gasteiger partial charge in [-0.25, -0.2) is 0 Å². The minimum atomic E-state index is 1.02. The highest BCUT2D eigenvalue weighted by Crippen LogP contribution is 2.32. The maximum atomic E-state index is 2.43. The van der Waals surface area contributed by atoms with Crippen molar-refractivity contribution in [1.82, 2.24) is 0 Å². The molecule has 1 radical (unpaired) electrons. The summed E-state index contributed by atoms with van der Waals surface area (Å²) < 4.78 is 0. The quantitative estimate of drug-likeness (QED) is 0.534. The lowest BCUT2D eigenvalue weighted by Crippen LogP contribution is -1.81. The van der Waals surface area contributed by atoms with E-state index in [2.05, 4.69) is 12.7 Å². The van der Waals surface area contributed by atoms with E-state index in [0.29, 0.717) is 0 Å². The fraction of sp³-hybridized carbons (Fsp3) is 0.889. The normalized spacial score (nSPS) is 17.7. The molecule has 0 nitrogen and oxygen atoms in total. The summed E-state index contributed by atoms with van der Waals surface area (Å²) >= 11 is 1.97. The van der Waals surface area contributed by atoms with E-state index in [9.17, 15) is 0 Å². The van der Waals surface area contributed by atoms with Crippen LogP contribution in [0.5, 0.6) is 0 Å². The molecule has 59 valence electrons. The molecule has 1 aliphatic rings. The third kappa shape index (κ3) is 4.21. The molecule has 0 saturated heterocycles. The minimum absolute atomic E-state index is 1.02. The summed E-state index contributed by atoms with van der Waals surface area (Å²) in [7, 11) is 0. The zero-order valence-corrected chi connectivity index (χ0v) is 7.62. The molecule has 0 heterocycles. The molecular formula is C9H17S.